The number of aromatic amines is 1. The molecule has 3 fully saturated rings. The number of nitrogens with one attached hydrogen (secondary N) is 2. The zero-order valence-corrected chi connectivity index (χ0v) is 19.8. The molecule has 33 heavy (non-hydrogen) atoms. The molecule has 5 unspecified atom stereocenters. The molecule has 8 heteroatoms. The Morgan fingerprint density at radius 2 is 2.09 bits per heavy atom. The van der Waals surface area contributed by atoms with Crippen LogP contribution < -0.4 is 5.32 Å². The van der Waals surface area contributed by atoms with Gasteiger partial charge < -0.3 is 15.2 Å². The summed E-state index contributed by atoms with van der Waals surface area (Å²) < 4.78 is 0. The highest BCUT2D eigenvalue weighted by molar-refractivity contribution is 7.16. The molecule has 2 N–H and O–H groups in total. The average molecular weight is 470 g/mol. The van der Waals surface area contributed by atoms with Gasteiger partial charge in [-0.3, -0.25) is 19.2 Å². The fourth-order valence-corrected chi connectivity index (χ4v) is 6.95. The van der Waals surface area contributed by atoms with E-state index >= 15 is 0 Å². The molecule has 2 amide bonds. The van der Waals surface area contributed by atoms with E-state index < -0.39 is 12.1 Å². The number of hydrogen-bond donors (Lipinski definition) is 2. The molecule has 176 valence electrons. The first kappa shape index (κ1) is 22.3. The maximum Gasteiger partial charge on any atom is 0.271 e. The van der Waals surface area contributed by atoms with Crippen LogP contribution in [0.3, 0.4) is 0 Å². The third-order valence-corrected chi connectivity index (χ3v) is 8.74. The predicted molar refractivity (Wildman–Crippen MR) is 126 cm³/mol. The molecule has 0 aromatic carbocycles. The Hall–Kier alpha value is -2.48. The van der Waals surface area contributed by atoms with Gasteiger partial charge in [0, 0.05) is 30.7 Å². The van der Waals surface area contributed by atoms with Crippen LogP contribution in [0.15, 0.2) is 17.5 Å². The van der Waals surface area contributed by atoms with E-state index in [-0.39, 0.29) is 35.2 Å². The zero-order chi connectivity index (χ0) is 23.1. The summed E-state index contributed by atoms with van der Waals surface area (Å²) in [7, 11) is 0. The van der Waals surface area contributed by atoms with E-state index in [1.807, 2.05) is 17.5 Å². The largest absolute Gasteiger partial charge is 0.344 e. The zero-order valence-electron chi connectivity index (χ0n) is 19.0. The Morgan fingerprint density at radius 3 is 2.82 bits per heavy atom. The molecule has 7 nitrogen and oxygen atoms in total. The van der Waals surface area contributed by atoms with Crippen molar-refractivity contribution in [3.8, 4) is 0 Å². The standard InChI is InChI=1S/C25H31N3O4S/c1-2-20(29)18(11-14-5-4-8-21(14)30)26-23(31)22-17-7-3-6-16(17)13-28(22)25(32)19-12-15-9-10-33-24(15)27-19/h9-10,12,14,16-18,22,27H,2-8,11,13H2,1H3,(H,26,31). The van der Waals surface area contributed by atoms with Gasteiger partial charge in [0.25, 0.3) is 5.91 Å². The van der Waals surface area contributed by atoms with E-state index in [1.165, 1.54) is 0 Å². The lowest BCUT2D eigenvalue weighted by Crippen LogP contribution is -2.53. The molecule has 2 aliphatic carbocycles. The summed E-state index contributed by atoms with van der Waals surface area (Å²) in [5.41, 5.74) is 0.507. The minimum atomic E-state index is -0.664. The van der Waals surface area contributed by atoms with Crippen LogP contribution in [0.25, 0.3) is 10.2 Å². The molecule has 1 aliphatic heterocycles. The first-order valence-electron chi connectivity index (χ1n) is 12.2. The number of carbonyl (C=O) groups is 4. The minimum Gasteiger partial charge on any atom is -0.344 e. The Balaban J connectivity index is 1.37. The maximum absolute atomic E-state index is 13.6. The number of nitrogens with zero attached hydrogens (tertiary/aromatic N) is 1. The summed E-state index contributed by atoms with van der Waals surface area (Å²) >= 11 is 1.55. The third-order valence-electron chi connectivity index (χ3n) is 7.90. The molecule has 0 spiro atoms. The molecule has 1 saturated heterocycles. The van der Waals surface area contributed by atoms with Crippen LogP contribution in [0, 0.1) is 17.8 Å². The van der Waals surface area contributed by atoms with Gasteiger partial charge in [0.15, 0.2) is 5.78 Å². The molecule has 5 atom stereocenters. The van der Waals surface area contributed by atoms with Crippen molar-refractivity contribution in [1.29, 1.82) is 0 Å². The van der Waals surface area contributed by atoms with Gasteiger partial charge in [0.05, 0.1) is 6.04 Å². The molecule has 0 radical (unpaired) electrons. The molecular formula is C25H31N3O4S. The van der Waals surface area contributed by atoms with E-state index in [0.29, 0.717) is 37.4 Å². The lowest BCUT2D eigenvalue weighted by molar-refractivity contribution is -0.131. The monoisotopic (exact) mass is 469 g/mol. The number of thiophene rings is 1. The fourth-order valence-electron chi connectivity index (χ4n) is 6.16. The predicted octanol–water partition coefficient (Wildman–Crippen LogP) is 3.69. The van der Waals surface area contributed by atoms with Crippen LogP contribution in [0.4, 0.5) is 0 Å². The minimum absolute atomic E-state index is 0.0495. The van der Waals surface area contributed by atoms with Gasteiger partial charge in [-0.25, -0.2) is 0 Å². The van der Waals surface area contributed by atoms with Crippen LogP contribution >= 0.6 is 11.3 Å². The maximum atomic E-state index is 13.6. The first-order chi connectivity index (χ1) is 16.0. The summed E-state index contributed by atoms with van der Waals surface area (Å²) in [6.07, 6.45) is 5.88. The Bertz CT molecular complexity index is 1060. The van der Waals surface area contributed by atoms with Gasteiger partial charge in [-0.15, -0.1) is 11.3 Å². The van der Waals surface area contributed by atoms with E-state index in [1.54, 1.807) is 23.2 Å². The van der Waals surface area contributed by atoms with Crippen molar-refractivity contribution in [2.75, 3.05) is 6.54 Å². The second kappa shape index (κ2) is 9.05. The summed E-state index contributed by atoms with van der Waals surface area (Å²) in [5.74, 6) is 0.0248. The first-order valence-corrected chi connectivity index (χ1v) is 13.1. The summed E-state index contributed by atoms with van der Waals surface area (Å²) in [6.45, 7) is 2.36. The molecule has 2 aromatic rings. The quantitative estimate of drug-likeness (QED) is 0.646. The van der Waals surface area contributed by atoms with Crippen molar-refractivity contribution in [1.82, 2.24) is 15.2 Å². The number of amides is 2. The van der Waals surface area contributed by atoms with Crippen molar-refractivity contribution < 1.29 is 19.2 Å². The number of aromatic nitrogens is 1. The van der Waals surface area contributed by atoms with Crippen molar-refractivity contribution in [2.45, 2.75) is 70.4 Å². The number of carbonyl (C=O) groups excluding carboxylic acids is 4. The Labute approximate surface area is 197 Å². The van der Waals surface area contributed by atoms with E-state index in [2.05, 4.69) is 10.3 Å². The Morgan fingerprint density at radius 1 is 1.24 bits per heavy atom. The van der Waals surface area contributed by atoms with Crippen molar-refractivity contribution in [3.05, 3.63) is 23.2 Å². The molecule has 3 heterocycles. The molecule has 0 bridgehead atoms. The van der Waals surface area contributed by atoms with Gasteiger partial charge in [0.1, 0.15) is 22.3 Å². The van der Waals surface area contributed by atoms with E-state index in [9.17, 15) is 19.2 Å². The van der Waals surface area contributed by atoms with E-state index in [0.717, 1.165) is 42.3 Å². The molecule has 2 aromatic heterocycles. The summed E-state index contributed by atoms with van der Waals surface area (Å²) in [4.78, 5) is 57.8. The second-order valence-electron chi connectivity index (χ2n) is 9.82. The lowest BCUT2D eigenvalue weighted by atomic mass is 9.91. The normalized spacial score (nSPS) is 27.8. The molecular weight excluding hydrogens is 438 g/mol. The molecule has 3 aliphatic rings. The van der Waals surface area contributed by atoms with E-state index in [4.69, 9.17) is 0 Å². The highest BCUT2D eigenvalue weighted by Gasteiger charge is 2.50. The summed E-state index contributed by atoms with van der Waals surface area (Å²) in [5, 5.41) is 5.96. The number of likely N-dealkylation sites (tertiary alicyclic amines) is 1. The van der Waals surface area contributed by atoms with Crippen LogP contribution in [0.1, 0.15) is 68.8 Å². The van der Waals surface area contributed by atoms with Crippen LogP contribution in [-0.2, 0) is 14.4 Å². The third kappa shape index (κ3) is 4.14. The highest BCUT2D eigenvalue weighted by atomic mass is 32.1. The lowest BCUT2D eigenvalue weighted by Gasteiger charge is -2.29. The van der Waals surface area contributed by atoms with Crippen molar-refractivity contribution in [3.63, 3.8) is 0 Å². The number of hydrogen-bond acceptors (Lipinski definition) is 5. The van der Waals surface area contributed by atoms with Gasteiger partial charge in [0.2, 0.25) is 5.91 Å². The average Bonchev–Trinajstić information content (AvgIpc) is 3.58. The Kier molecular flexibility index (Phi) is 6.12. The van der Waals surface area contributed by atoms with Crippen LogP contribution in [0.5, 0.6) is 0 Å². The van der Waals surface area contributed by atoms with Gasteiger partial charge in [-0.1, -0.05) is 13.3 Å². The van der Waals surface area contributed by atoms with Crippen molar-refractivity contribution >= 4 is 44.9 Å². The topological polar surface area (TPSA) is 99.3 Å². The number of rotatable bonds is 7. The highest BCUT2D eigenvalue weighted by Crippen LogP contribution is 2.43. The molecule has 2 saturated carbocycles. The van der Waals surface area contributed by atoms with Gasteiger partial charge in [-0.2, -0.15) is 0 Å². The number of Topliss-reactive ketones (excluding diaryl/α,β-unsaturated/α-hetero) is 2. The fraction of sp³-hybridized carbons (Fsp3) is 0.600. The summed E-state index contributed by atoms with van der Waals surface area (Å²) in [6, 6.07) is 2.59. The molecule has 5 rings (SSSR count). The number of fused-ring (bicyclic) bond motifs is 2. The number of ketones is 2. The van der Waals surface area contributed by atoms with Gasteiger partial charge in [-0.05, 0) is 61.5 Å². The SMILES string of the molecule is CCC(=O)C(CC1CCCC1=O)NC(=O)C1C2CCCC2CN1C(=O)c1cc2ccsc2[nH]1. The second-order valence-corrected chi connectivity index (χ2v) is 10.7. The van der Waals surface area contributed by atoms with Gasteiger partial charge >= 0.3 is 0 Å². The van der Waals surface area contributed by atoms with Crippen molar-refractivity contribution in [2.24, 2.45) is 17.8 Å². The van der Waals surface area contributed by atoms with Crippen LogP contribution in [-0.4, -0.2) is 51.9 Å². The number of H-pyrrole nitrogens is 1. The van der Waals surface area contributed by atoms with Crippen LogP contribution in [0.2, 0.25) is 0 Å². The smallest absolute Gasteiger partial charge is 0.271 e.